The monoisotopic (exact) mass is 274 g/mol. The van der Waals surface area contributed by atoms with Crippen LogP contribution in [0, 0.1) is 6.92 Å². The molecule has 1 saturated heterocycles. The number of hydrogen-bond donors (Lipinski definition) is 2. The highest BCUT2D eigenvalue weighted by molar-refractivity contribution is 5.81. The zero-order valence-electron chi connectivity index (χ0n) is 12.2. The van der Waals surface area contributed by atoms with Gasteiger partial charge in [0.25, 0.3) is 0 Å². The van der Waals surface area contributed by atoms with Crippen molar-refractivity contribution < 1.29 is 0 Å². The molecular weight excluding hydrogens is 252 g/mol. The van der Waals surface area contributed by atoms with Gasteiger partial charge >= 0.3 is 0 Å². The maximum absolute atomic E-state index is 4.67. The second-order valence-electron chi connectivity index (χ2n) is 5.58. The van der Waals surface area contributed by atoms with Crippen LogP contribution in [-0.4, -0.2) is 41.6 Å². The van der Waals surface area contributed by atoms with E-state index in [9.17, 15) is 0 Å². The molecule has 20 heavy (non-hydrogen) atoms. The fourth-order valence-electron chi connectivity index (χ4n) is 2.60. The van der Waals surface area contributed by atoms with Crippen LogP contribution in [0.3, 0.4) is 0 Å². The summed E-state index contributed by atoms with van der Waals surface area (Å²) >= 11 is 0. The number of aliphatic imine (C=N–C) groups is 1. The van der Waals surface area contributed by atoms with Crippen molar-refractivity contribution in [2.45, 2.75) is 39.3 Å². The number of aryl methyl sites for hydroxylation is 1. The van der Waals surface area contributed by atoms with Crippen molar-refractivity contribution in [2.75, 3.05) is 24.5 Å². The van der Waals surface area contributed by atoms with Gasteiger partial charge in [-0.2, -0.15) is 0 Å². The second-order valence-corrected chi connectivity index (χ2v) is 5.58. The lowest BCUT2D eigenvalue weighted by atomic mass is 10.3. The van der Waals surface area contributed by atoms with E-state index in [0.717, 1.165) is 42.9 Å². The minimum Gasteiger partial charge on any atom is -0.352 e. The molecule has 3 rings (SSSR count). The largest absolute Gasteiger partial charge is 0.352 e. The Bertz CT molecular complexity index is 506. The van der Waals surface area contributed by atoms with Crippen LogP contribution in [0.4, 0.5) is 5.95 Å². The average molecular weight is 274 g/mol. The zero-order chi connectivity index (χ0) is 13.9. The zero-order valence-corrected chi connectivity index (χ0v) is 12.2. The third-order valence-electron chi connectivity index (χ3n) is 3.63. The number of nitrogens with one attached hydrogen (secondary N) is 2. The maximum Gasteiger partial charge on any atom is 0.225 e. The summed E-state index contributed by atoms with van der Waals surface area (Å²) in [5.74, 6) is 1.74. The highest BCUT2D eigenvalue weighted by atomic mass is 15.3. The predicted octanol–water partition coefficient (Wildman–Crippen LogP) is 0.823. The van der Waals surface area contributed by atoms with E-state index in [4.69, 9.17) is 0 Å². The number of guanidine groups is 1. The molecule has 3 heterocycles. The Kier molecular flexibility index (Phi) is 3.71. The molecule has 6 heteroatoms. The molecule has 0 spiro atoms. The Balaban J connectivity index is 1.66. The highest BCUT2D eigenvalue weighted by Crippen LogP contribution is 2.16. The molecule has 1 atom stereocenters. The molecule has 0 bridgehead atoms. The summed E-state index contributed by atoms with van der Waals surface area (Å²) in [6.45, 7) is 7.81. The number of aromatic nitrogens is 2. The van der Waals surface area contributed by atoms with Gasteiger partial charge in [0.05, 0.1) is 18.8 Å². The molecule has 0 saturated carbocycles. The third-order valence-corrected chi connectivity index (χ3v) is 3.63. The van der Waals surface area contributed by atoms with Crippen molar-refractivity contribution >= 4 is 11.9 Å². The molecule has 0 amide bonds. The van der Waals surface area contributed by atoms with Gasteiger partial charge in [-0.15, -0.1) is 0 Å². The van der Waals surface area contributed by atoms with E-state index in [2.05, 4.69) is 37.4 Å². The quantitative estimate of drug-likeness (QED) is 0.854. The lowest BCUT2D eigenvalue weighted by molar-refractivity contribution is 0.711. The predicted molar refractivity (Wildman–Crippen MR) is 80.0 cm³/mol. The molecule has 2 aliphatic rings. The van der Waals surface area contributed by atoms with Crippen LogP contribution >= 0.6 is 0 Å². The van der Waals surface area contributed by atoms with E-state index in [0.29, 0.717) is 12.6 Å². The molecule has 108 valence electrons. The van der Waals surface area contributed by atoms with Crippen molar-refractivity contribution in [3.63, 3.8) is 0 Å². The van der Waals surface area contributed by atoms with Crippen LogP contribution in [-0.2, 0) is 6.54 Å². The van der Waals surface area contributed by atoms with Gasteiger partial charge in [-0.1, -0.05) is 0 Å². The first-order valence-corrected chi connectivity index (χ1v) is 7.35. The van der Waals surface area contributed by atoms with E-state index in [-0.39, 0.29) is 0 Å². The molecule has 0 radical (unpaired) electrons. The van der Waals surface area contributed by atoms with Crippen LogP contribution < -0.4 is 15.5 Å². The summed E-state index contributed by atoms with van der Waals surface area (Å²) in [6, 6.07) is 2.45. The summed E-state index contributed by atoms with van der Waals surface area (Å²) in [7, 11) is 0. The summed E-state index contributed by atoms with van der Waals surface area (Å²) in [5.41, 5.74) is 2.04. The van der Waals surface area contributed by atoms with E-state index in [1.54, 1.807) is 0 Å². The molecule has 1 fully saturated rings. The van der Waals surface area contributed by atoms with Gasteiger partial charge in [0.2, 0.25) is 5.95 Å². The second kappa shape index (κ2) is 5.64. The molecule has 2 N–H and O–H groups in total. The SMILES string of the molecule is Cc1cc(CNC2=NCC(C)N2)nc(N2CCCC2)n1. The van der Waals surface area contributed by atoms with E-state index in [1.807, 2.05) is 13.0 Å². The molecule has 0 aromatic carbocycles. The summed E-state index contributed by atoms with van der Waals surface area (Å²) in [5, 5.41) is 6.60. The van der Waals surface area contributed by atoms with E-state index >= 15 is 0 Å². The lowest BCUT2D eigenvalue weighted by Crippen LogP contribution is -2.37. The van der Waals surface area contributed by atoms with Gasteiger partial charge in [0.1, 0.15) is 0 Å². The van der Waals surface area contributed by atoms with Gasteiger partial charge < -0.3 is 15.5 Å². The van der Waals surface area contributed by atoms with Crippen LogP contribution in [0.5, 0.6) is 0 Å². The van der Waals surface area contributed by atoms with Crippen LogP contribution in [0.2, 0.25) is 0 Å². The topological polar surface area (TPSA) is 65.4 Å². The first-order chi connectivity index (χ1) is 9.70. The van der Waals surface area contributed by atoms with E-state index < -0.39 is 0 Å². The highest BCUT2D eigenvalue weighted by Gasteiger charge is 2.16. The lowest BCUT2D eigenvalue weighted by Gasteiger charge is -2.17. The average Bonchev–Trinajstić information content (AvgIpc) is 3.07. The van der Waals surface area contributed by atoms with E-state index in [1.165, 1.54) is 12.8 Å². The fraction of sp³-hybridized carbons (Fsp3) is 0.643. The van der Waals surface area contributed by atoms with Crippen molar-refractivity contribution in [3.8, 4) is 0 Å². The molecule has 1 aromatic heterocycles. The summed E-state index contributed by atoms with van der Waals surface area (Å²) in [4.78, 5) is 15.9. The Morgan fingerprint density at radius 2 is 2.15 bits per heavy atom. The number of rotatable bonds is 3. The van der Waals surface area contributed by atoms with Gasteiger partial charge in [0.15, 0.2) is 5.96 Å². The maximum atomic E-state index is 4.67. The minimum absolute atomic E-state index is 0.421. The molecule has 0 aliphatic carbocycles. The minimum atomic E-state index is 0.421. The molecule has 2 aliphatic heterocycles. The standard InChI is InChI=1S/C14H22N6/c1-10-7-12(9-16-13-15-8-11(2)17-13)19-14(18-10)20-5-3-4-6-20/h7,11H,3-6,8-9H2,1-2H3,(H2,15,16,17). The van der Waals surface area contributed by atoms with Crippen molar-refractivity contribution in [3.05, 3.63) is 17.5 Å². The molecule has 6 nitrogen and oxygen atoms in total. The Hall–Kier alpha value is -1.85. The van der Waals surface area contributed by atoms with Crippen LogP contribution in [0.1, 0.15) is 31.2 Å². The Morgan fingerprint density at radius 1 is 1.35 bits per heavy atom. The first-order valence-electron chi connectivity index (χ1n) is 7.35. The van der Waals surface area contributed by atoms with Crippen molar-refractivity contribution in [2.24, 2.45) is 4.99 Å². The fourth-order valence-corrected chi connectivity index (χ4v) is 2.60. The smallest absolute Gasteiger partial charge is 0.225 e. The van der Waals surface area contributed by atoms with Crippen molar-refractivity contribution in [1.82, 2.24) is 20.6 Å². The summed E-state index contributed by atoms with van der Waals surface area (Å²) in [6.07, 6.45) is 2.48. The Morgan fingerprint density at radius 3 is 2.85 bits per heavy atom. The Labute approximate surface area is 119 Å². The van der Waals surface area contributed by atoms with Crippen molar-refractivity contribution in [1.29, 1.82) is 0 Å². The number of hydrogen-bond acceptors (Lipinski definition) is 6. The third kappa shape index (κ3) is 3.00. The molecule has 1 unspecified atom stereocenters. The molecular formula is C14H22N6. The van der Waals surface area contributed by atoms with Gasteiger partial charge in [-0.25, -0.2) is 9.97 Å². The van der Waals surface area contributed by atoms with Gasteiger partial charge in [0, 0.05) is 24.8 Å². The normalized spacial score (nSPS) is 21.8. The number of anilines is 1. The van der Waals surface area contributed by atoms with Crippen LogP contribution in [0.15, 0.2) is 11.1 Å². The van der Waals surface area contributed by atoms with Crippen LogP contribution in [0.25, 0.3) is 0 Å². The van der Waals surface area contributed by atoms with Gasteiger partial charge in [-0.05, 0) is 32.8 Å². The molecule has 1 aromatic rings. The number of nitrogens with zero attached hydrogens (tertiary/aromatic N) is 4. The van der Waals surface area contributed by atoms with Gasteiger partial charge in [-0.3, -0.25) is 4.99 Å². The summed E-state index contributed by atoms with van der Waals surface area (Å²) < 4.78 is 0. The first kappa shape index (κ1) is 13.1.